The minimum Gasteiger partial charge on any atom is -0.508 e. The SMILES string of the molecule is Cc1cc(Nc2ccc(O)cc2)c(N)c(C)c1N. The quantitative estimate of drug-likeness (QED) is 0.482. The van der Waals surface area contributed by atoms with Gasteiger partial charge < -0.3 is 21.9 Å². The standard InChI is InChI=1S/C14H17N3O/c1-8-7-12(14(16)9(2)13(8)15)17-10-3-5-11(18)6-4-10/h3-7,17-18H,15-16H2,1-2H3. The molecular formula is C14H17N3O. The maximum Gasteiger partial charge on any atom is 0.115 e. The van der Waals surface area contributed by atoms with Crippen molar-refractivity contribution in [3.05, 3.63) is 41.5 Å². The molecule has 0 aliphatic heterocycles. The van der Waals surface area contributed by atoms with Crippen LogP contribution in [-0.4, -0.2) is 5.11 Å². The Balaban J connectivity index is 2.38. The number of aromatic hydroxyl groups is 1. The average molecular weight is 243 g/mol. The highest BCUT2D eigenvalue weighted by Gasteiger charge is 2.08. The van der Waals surface area contributed by atoms with E-state index in [0.717, 1.165) is 28.2 Å². The van der Waals surface area contributed by atoms with Gasteiger partial charge in [0.2, 0.25) is 0 Å². The summed E-state index contributed by atoms with van der Waals surface area (Å²) in [6.45, 7) is 3.85. The zero-order valence-electron chi connectivity index (χ0n) is 10.5. The topological polar surface area (TPSA) is 84.3 Å². The van der Waals surface area contributed by atoms with Crippen LogP contribution in [0, 0.1) is 13.8 Å². The summed E-state index contributed by atoms with van der Waals surface area (Å²) in [6.07, 6.45) is 0. The number of anilines is 4. The molecule has 0 heterocycles. The molecule has 0 aliphatic rings. The lowest BCUT2D eigenvalue weighted by atomic mass is 10.1. The van der Waals surface area contributed by atoms with Gasteiger partial charge >= 0.3 is 0 Å². The van der Waals surface area contributed by atoms with E-state index in [1.165, 1.54) is 0 Å². The number of hydrogen-bond acceptors (Lipinski definition) is 4. The summed E-state index contributed by atoms with van der Waals surface area (Å²) < 4.78 is 0. The van der Waals surface area contributed by atoms with Crippen molar-refractivity contribution in [3.8, 4) is 5.75 Å². The second-order valence-corrected chi connectivity index (χ2v) is 4.37. The summed E-state index contributed by atoms with van der Waals surface area (Å²) in [6, 6.07) is 8.74. The molecule has 0 aromatic heterocycles. The Kier molecular flexibility index (Phi) is 3.02. The Bertz CT molecular complexity index is 577. The fraction of sp³-hybridized carbons (Fsp3) is 0.143. The molecule has 4 heteroatoms. The molecule has 0 fully saturated rings. The van der Waals surface area contributed by atoms with E-state index in [2.05, 4.69) is 5.32 Å². The molecule has 0 saturated heterocycles. The van der Waals surface area contributed by atoms with Crippen molar-refractivity contribution in [2.24, 2.45) is 0 Å². The third kappa shape index (κ3) is 2.18. The minimum atomic E-state index is 0.234. The summed E-state index contributed by atoms with van der Waals surface area (Å²) in [5.41, 5.74) is 16.9. The molecule has 0 atom stereocenters. The summed E-state index contributed by atoms with van der Waals surface area (Å²) in [5.74, 6) is 0.234. The van der Waals surface area contributed by atoms with Crippen molar-refractivity contribution in [3.63, 3.8) is 0 Å². The van der Waals surface area contributed by atoms with Gasteiger partial charge in [0, 0.05) is 11.4 Å². The van der Waals surface area contributed by atoms with Gasteiger partial charge in [0.05, 0.1) is 11.4 Å². The Labute approximate surface area is 106 Å². The van der Waals surface area contributed by atoms with Crippen molar-refractivity contribution in [1.29, 1.82) is 0 Å². The van der Waals surface area contributed by atoms with Gasteiger partial charge in [0.25, 0.3) is 0 Å². The van der Waals surface area contributed by atoms with Gasteiger partial charge in [0.1, 0.15) is 5.75 Å². The largest absolute Gasteiger partial charge is 0.508 e. The van der Waals surface area contributed by atoms with Crippen LogP contribution in [0.1, 0.15) is 11.1 Å². The van der Waals surface area contributed by atoms with E-state index in [0.29, 0.717) is 5.69 Å². The summed E-state index contributed by atoms with van der Waals surface area (Å²) in [7, 11) is 0. The van der Waals surface area contributed by atoms with Crippen molar-refractivity contribution < 1.29 is 5.11 Å². The van der Waals surface area contributed by atoms with Crippen molar-refractivity contribution in [2.45, 2.75) is 13.8 Å². The van der Waals surface area contributed by atoms with Crippen LogP contribution < -0.4 is 16.8 Å². The first-order chi connectivity index (χ1) is 8.49. The molecule has 6 N–H and O–H groups in total. The van der Waals surface area contributed by atoms with Crippen LogP contribution in [0.3, 0.4) is 0 Å². The molecule has 2 aromatic rings. The summed E-state index contributed by atoms with van der Waals surface area (Å²) in [4.78, 5) is 0. The Morgan fingerprint density at radius 3 is 2.22 bits per heavy atom. The first kappa shape index (κ1) is 12.1. The third-order valence-corrected chi connectivity index (χ3v) is 3.03. The first-order valence-electron chi connectivity index (χ1n) is 5.70. The number of nitrogen functional groups attached to an aromatic ring is 2. The molecule has 0 spiro atoms. The monoisotopic (exact) mass is 243 g/mol. The predicted molar refractivity (Wildman–Crippen MR) is 76.1 cm³/mol. The van der Waals surface area contributed by atoms with E-state index in [-0.39, 0.29) is 5.75 Å². The van der Waals surface area contributed by atoms with E-state index in [9.17, 15) is 5.11 Å². The number of phenols is 1. The van der Waals surface area contributed by atoms with Gasteiger partial charge in [0.15, 0.2) is 0 Å². The molecule has 18 heavy (non-hydrogen) atoms. The maximum atomic E-state index is 9.23. The minimum absolute atomic E-state index is 0.234. The zero-order valence-corrected chi connectivity index (χ0v) is 10.5. The lowest BCUT2D eigenvalue weighted by molar-refractivity contribution is 0.475. The highest BCUT2D eigenvalue weighted by molar-refractivity contribution is 5.81. The van der Waals surface area contributed by atoms with Crippen LogP contribution >= 0.6 is 0 Å². The van der Waals surface area contributed by atoms with Gasteiger partial charge in [-0.15, -0.1) is 0 Å². The van der Waals surface area contributed by atoms with Crippen LogP contribution in [0.25, 0.3) is 0 Å². The Morgan fingerprint density at radius 1 is 1.00 bits per heavy atom. The fourth-order valence-corrected chi connectivity index (χ4v) is 1.82. The molecule has 2 aromatic carbocycles. The highest BCUT2D eigenvalue weighted by Crippen LogP contribution is 2.32. The Hall–Kier alpha value is -2.36. The second kappa shape index (κ2) is 4.49. The number of benzene rings is 2. The molecule has 0 saturated carbocycles. The molecule has 4 nitrogen and oxygen atoms in total. The van der Waals surface area contributed by atoms with Gasteiger partial charge in [-0.3, -0.25) is 0 Å². The number of nitrogens with two attached hydrogens (primary N) is 2. The van der Waals surface area contributed by atoms with Crippen molar-refractivity contribution in [2.75, 3.05) is 16.8 Å². The third-order valence-electron chi connectivity index (χ3n) is 3.03. The van der Waals surface area contributed by atoms with E-state index < -0.39 is 0 Å². The van der Waals surface area contributed by atoms with Crippen LogP contribution in [0.5, 0.6) is 5.75 Å². The van der Waals surface area contributed by atoms with Crippen molar-refractivity contribution >= 4 is 22.7 Å². The smallest absolute Gasteiger partial charge is 0.115 e. The van der Waals surface area contributed by atoms with Crippen molar-refractivity contribution in [1.82, 2.24) is 0 Å². The van der Waals surface area contributed by atoms with Gasteiger partial charge in [-0.1, -0.05) is 0 Å². The molecular weight excluding hydrogens is 226 g/mol. The molecule has 0 unspecified atom stereocenters. The van der Waals surface area contributed by atoms with E-state index in [1.807, 2.05) is 19.9 Å². The number of hydrogen-bond donors (Lipinski definition) is 4. The number of rotatable bonds is 2. The predicted octanol–water partition coefficient (Wildman–Crippen LogP) is 2.92. The highest BCUT2D eigenvalue weighted by atomic mass is 16.3. The molecule has 94 valence electrons. The molecule has 0 radical (unpaired) electrons. The van der Waals surface area contributed by atoms with Crippen LogP contribution in [0.2, 0.25) is 0 Å². The van der Waals surface area contributed by atoms with Gasteiger partial charge in [-0.05, 0) is 55.3 Å². The second-order valence-electron chi connectivity index (χ2n) is 4.37. The first-order valence-corrected chi connectivity index (χ1v) is 5.70. The number of aryl methyl sites for hydroxylation is 1. The van der Waals surface area contributed by atoms with E-state index >= 15 is 0 Å². The van der Waals surface area contributed by atoms with Gasteiger partial charge in [-0.25, -0.2) is 0 Å². The average Bonchev–Trinajstić information content (AvgIpc) is 2.36. The molecule has 2 rings (SSSR count). The fourth-order valence-electron chi connectivity index (χ4n) is 1.82. The summed E-state index contributed by atoms with van der Waals surface area (Å²) in [5, 5.41) is 12.4. The maximum absolute atomic E-state index is 9.23. The van der Waals surface area contributed by atoms with Crippen LogP contribution in [0.15, 0.2) is 30.3 Å². The number of phenolic OH excluding ortho intramolecular Hbond substituents is 1. The Morgan fingerprint density at radius 2 is 1.61 bits per heavy atom. The summed E-state index contributed by atoms with van der Waals surface area (Å²) >= 11 is 0. The van der Waals surface area contributed by atoms with E-state index in [1.54, 1.807) is 24.3 Å². The normalized spacial score (nSPS) is 10.3. The zero-order chi connectivity index (χ0) is 13.3. The van der Waals surface area contributed by atoms with Crippen LogP contribution in [-0.2, 0) is 0 Å². The van der Waals surface area contributed by atoms with Crippen LogP contribution in [0.4, 0.5) is 22.7 Å². The van der Waals surface area contributed by atoms with Gasteiger partial charge in [-0.2, -0.15) is 0 Å². The van der Waals surface area contributed by atoms with E-state index in [4.69, 9.17) is 11.5 Å². The lowest BCUT2D eigenvalue weighted by Crippen LogP contribution is -2.03. The molecule has 0 amide bonds. The molecule has 0 bridgehead atoms. The lowest BCUT2D eigenvalue weighted by Gasteiger charge is -2.15. The number of nitrogens with one attached hydrogen (secondary N) is 1. The molecule has 0 aliphatic carbocycles.